The molecule has 0 aliphatic carbocycles. The summed E-state index contributed by atoms with van der Waals surface area (Å²) in [5.74, 6) is -1.22. The second-order valence-electron chi connectivity index (χ2n) is 6.32. The minimum Gasteiger partial charge on any atom is -0.503 e. The maximum atomic E-state index is 12.9. The van der Waals surface area contributed by atoms with Gasteiger partial charge in [-0.15, -0.1) is 0 Å². The van der Waals surface area contributed by atoms with Gasteiger partial charge in [0, 0.05) is 22.2 Å². The molecule has 1 heterocycles. The lowest BCUT2D eigenvalue weighted by Gasteiger charge is -2.14. The second-order valence-corrected chi connectivity index (χ2v) is 6.73. The number of carbonyl (C=O) groups excluding carboxylic acids is 2. The number of para-hydroxylation sites is 1. The number of halogens is 1. The molecule has 28 heavy (non-hydrogen) atoms. The van der Waals surface area contributed by atoms with Crippen LogP contribution in [0.5, 0.6) is 11.5 Å². The first-order valence-corrected chi connectivity index (χ1v) is 9.19. The number of carbonyl (C=O) groups is 2. The molecule has 1 aromatic heterocycles. The number of phenols is 1. The van der Waals surface area contributed by atoms with Crippen molar-refractivity contribution in [2.45, 2.75) is 26.9 Å². The minimum atomic E-state index is -1.01. The number of ether oxygens (including phenoxy) is 2. The van der Waals surface area contributed by atoms with Crippen LogP contribution in [0.15, 0.2) is 36.4 Å². The smallest absolute Gasteiger partial charge is 0.339 e. The average molecular weight is 402 g/mol. The van der Waals surface area contributed by atoms with E-state index in [0.29, 0.717) is 11.3 Å². The summed E-state index contributed by atoms with van der Waals surface area (Å²) in [6.07, 6.45) is -1.01. The van der Waals surface area contributed by atoms with Gasteiger partial charge in [0.1, 0.15) is 0 Å². The summed E-state index contributed by atoms with van der Waals surface area (Å²) < 4.78 is 10.6. The van der Waals surface area contributed by atoms with E-state index in [1.165, 1.54) is 19.1 Å². The molecule has 0 amide bonds. The van der Waals surface area contributed by atoms with Crippen LogP contribution >= 0.6 is 11.6 Å². The Balaban J connectivity index is 1.84. The van der Waals surface area contributed by atoms with E-state index in [0.717, 1.165) is 10.9 Å². The predicted molar refractivity (Wildman–Crippen MR) is 107 cm³/mol. The number of aromatic amines is 1. The lowest BCUT2D eigenvalue weighted by molar-refractivity contribution is 0.0318. The molecule has 2 aromatic carbocycles. The van der Waals surface area contributed by atoms with Gasteiger partial charge < -0.3 is 19.6 Å². The summed E-state index contributed by atoms with van der Waals surface area (Å²) in [5.41, 5.74) is 2.13. The fourth-order valence-corrected chi connectivity index (χ4v) is 3.25. The Hall–Kier alpha value is -2.99. The number of aryl methyl sites for hydroxylation is 1. The number of fused-ring (bicyclic) bond motifs is 1. The standard InChI is InChI=1S/C21H20ClNO5/c1-4-27-17-10-13(9-15(22)20(17)25)21(26)28-12(3)19(24)18-11(2)23-16-8-6-5-7-14(16)18/h5-10,12,23,25H,4H2,1-3H3/t12-/m1/s1. The molecule has 3 rings (SSSR count). The number of H-pyrrole nitrogens is 1. The lowest BCUT2D eigenvalue weighted by atomic mass is 10.0. The largest absolute Gasteiger partial charge is 0.503 e. The van der Waals surface area contributed by atoms with Gasteiger partial charge >= 0.3 is 5.97 Å². The third kappa shape index (κ3) is 3.68. The third-order valence-corrected chi connectivity index (χ3v) is 4.65. The molecule has 1 atom stereocenters. The third-order valence-electron chi connectivity index (χ3n) is 4.36. The van der Waals surface area contributed by atoms with Crippen molar-refractivity contribution in [3.8, 4) is 11.5 Å². The summed E-state index contributed by atoms with van der Waals surface area (Å²) in [6, 6.07) is 10.0. The monoisotopic (exact) mass is 401 g/mol. The van der Waals surface area contributed by atoms with Gasteiger partial charge in [-0.25, -0.2) is 4.79 Å². The van der Waals surface area contributed by atoms with Gasteiger partial charge in [0.2, 0.25) is 5.78 Å². The van der Waals surface area contributed by atoms with Crippen LogP contribution in [0.2, 0.25) is 5.02 Å². The van der Waals surface area contributed by atoms with Gasteiger partial charge in [-0.2, -0.15) is 0 Å². The summed E-state index contributed by atoms with van der Waals surface area (Å²) in [6.45, 7) is 5.35. The Morgan fingerprint density at radius 2 is 1.96 bits per heavy atom. The van der Waals surface area contributed by atoms with Crippen molar-refractivity contribution in [3.63, 3.8) is 0 Å². The van der Waals surface area contributed by atoms with Gasteiger partial charge in [-0.1, -0.05) is 29.8 Å². The number of esters is 1. The molecule has 0 aliphatic heterocycles. The molecule has 0 radical (unpaired) electrons. The van der Waals surface area contributed by atoms with Crippen molar-refractivity contribution in [1.82, 2.24) is 4.98 Å². The van der Waals surface area contributed by atoms with E-state index in [1.54, 1.807) is 13.8 Å². The molecule has 0 saturated heterocycles. The minimum absolute atomic E-state index is 0.0376. The summed E-state index contributed by atoms with van der Waals surface area (Å²) in [7, 11) is 0. The molecule has 3 aromatic rings. The Morgan fingerprint density at radius 1 is 1.25 bits per heavy atom. The number of nitrogens with one attached hydrogen (secondary N) is 1. The molecule has 0 aliphatic rings. The van der Waals surface area contributed by atoms with Crippen molar-refractivity contribution in [2.24, 2.45) is 0 Å². The van der Waals surface area contributed by atoms with Crippen LogP contribution in [0.25, 0.3) is 10.9 Å². The fraction of sp³-hybridized carbons (Fsp3) is 0.238. The molecule has 0 unspecified atom stereocenters. The van der Waals surface area contributed by atoms with Gasteiger partial charge in [0.25, 0.3) is 0 Å². The quantitative estimate of drug-likeness (QED) is 0.463. The van der Waals surface area contributed by atoms with Gasteiger partial charge in [-0.3, -0.25) is 4.79 Å². The van der Waals surface area contributed by atoms with E-state index < -0.39 is 12.1 Å². The highest BCUT2D eigenvalue weighted by Crippen LogP contribution is 2.35. The molecule has 7 heteroatoms. The number of ketones is 1. The highest BCUT2D eigenvalue weighted by Gasteiger charge is 2.25. The average Bonchev–Trinajstić information content (AvgIpc) is 3.00. The lowest BCUT2D eigenvalue weighted by Crippen LogP contribution is -2.25. The van der Waals surface area contributed by atoms with E-state index in [1.807, 2.05) is 24.3 Å². The fourth-order valence-electron chi connectivity index (χ4n) is 3.04. The molecular formula is C21H20ClNO5. The number of benzene rings is 2. The van der Waals surface area contributed by atoms with Crippen LogP contribution in [0, 0.1) is 6.92 Å². The van der Waals surface area contributed by atoms with Crippen molar-refractivity contribution >= 4 is 34.3 Å². The van der Waals surface area contributed by atoms with Gasteiger partial charge in [0.05, 0.1) is 17.2 Å². The molecule has 0 saturated carbocycles. The maximum absolute atomic E-state index is 12.9. The first-order chi connectivity index (χ1) is 13.3. The van der Waals surface area contributed by atoms with Crippen molar-refractivity contribution < 1.29 is 24.2 Å². The molecule has 6 nitrogen and oxygen atoms in total. The number of Topliss-reactive ketones (excluding diaryl/α,β-unsaturated/α-hetero) is 1. The number of aromatic nitrogens is 1. The van der Waals surface area contributed by atoms with Crippen LogP contribution in [-0.2, 0) is 4.74 Å². The highest BCUT2D eigenvalue weighted by atomic mass is 35.5. The molecule has 146 valence electrons. The zero-order valence-electron chi connectivity index (χ0n) is 15.7. The van der Waals surface area contributed by atoms with Crippen LogP contribution < -0.4 is 4.74 Å². The normalized spacial score (nSPS) is 12.0. The van der Waals surface area contributed by atoms with E-state index in [4.69, 9.17) is 21.1 Å². The summed E-state index contributed by atoms with van der Waals surface area (Å²) >= 11 is 5.96. The van der Waals surface area contributed by atoms with Gasteiger partial charge in [-0.05, 0) is 39.0 Å². The number of hydrogen-bond acceptors (Lipinski definition) is 5. The zero-order valence-corrected chi connectivity index (χ0v) is 16.5. The Bertz CT molecular complexity index is 1060. The summed E-state index contributed by atoms with van der Waals surface area (Å²) in [4.78, 5) is 28.6. The first kappa shape index (κ1) is 19.8. The molecule has 0 spiro atoms. The van der Waals surface area contributed by atoms with Crippen molar-refractivity contribution in [2.75, 3.05) is 6.61 Å². The molecule has 0 fully saturated rings. The number of rotatable bonds is 6. The van der Waals surface area contributed by atoms with E-state index >= 15 is 0 Å². The Labute approximate surface area is 167 Å². The van der Waals surface area contributed by atoms with Crippen LogP contribution in [0.1, 0.15) is 40.3 Å². The molecular weight excluding hydrogens is 382 g/mol. The molecule has 0 bridgehead atoms. The van der Waals surface area contributed by atoms with Crippen LogP contribution in [0.3, 0.4) is 0 Å². The van der Waals surface area contributed by atoms with E-state index in [-0.39, 0.29) is 34.5 Å². The predicted octanol–water partition coefficient (Wildman–Crippen LogP) is 4.66. The highest BCUT2D eigenvalue weighted by molar-refractivity contribution is 6.32. The Kier molecular flexibility index (Phi) is 5.61. The summed E-state index contributed by atoms with van der Waals surface area (Å²) in [5, 5.41) is 10.6. The SMILES string of the molecule is CCOc1cc(C(=O)O[C@H](C)C(=O)c2c(C)[nH]c3ccccc23)cc(Cl)c1O. The van der Waals surface area contributed by atoms with Crippen LogP contribution in [-0.4, -0.2) is 34.6 Å². The van der Waals surface area contributed by atoms with Gasteiger partial charge in [0.15, 0.2) is 17.6 Å². The van der Waals surface area contributed by atoms with Crippen molar-refractivity contribution in [3.05, 3.63) is 58.2 Å². The number of aromatic hydroxyl groups is 1. The topological polar surface area (TPSA) is 88.6 Å². The second kappa shape index (κ2) is 7.94. The maximum Gasteiger partial charge on any atom is 0.339 e. The number of hydrogen-bond donors (Lipinski definition) is 2. The number of phenolic OH excluding ortho intramolecular Hbond substituents is 1. The molecule has 2 N–H and O–H groups in total. The zero-order chi connectivity index (χ0) is 20.4. The Morgan fingerprint density at radius 3 is 2.68 bits per heavy atom. The van der Waals surface area contributed by atoms with E-state index in [2.05, 4.69) is 4.98 Å². The van der Waals surface area contributed by atoms with E-state index in [9.17, 15) is 14.7 Å². The van der Waals surface area contributed by atoms with Crippen molar-refractivity contribution in [1.29, 1.82) is 0 Å². The van der Waals surface area contributed by atoms with Crippen LogP contribution in [0.4, 0.5) is 0 Å². The first-order valence-electron chi connectivity index (χ1n) is 8.81.